The maximum Gasteiger partial charge on any atom is 0.254 e. The van der Waals surface area contributed by atoms with Gasteiger partial charge in [0.15, 0.2) is 0 Å². The first-order chi connectivity index (χ1) is 16.1. The molecule has 0 spiro atoms. The standard InChI is InChI=1S/C26H25N3O4/c1-33-23-13-12-17(16-7-2-3-8-18(16)23)22-11-6-14-29(22)24(30)15-21-26(32)27-20-10-5-4-9-19(20)25(31)28-21/h2-5,7-10,12-13,21-22H,6,11,14-15H2,1H3,(H,27,32)(H,28,31)/t21-,22?/m0/s1. The van der Waals surface area contributed by atoms with Crippen molar-refractivity contribution in [1.29, 1.82) is 0 Å². The van der Waals surface area contributed by atoms with Crippen molar-refractivity contribution in [2.45, 2.75) is 31.3 Å². The summed E-state index contributed by atoms with van der Waals surface area (Å²) >= 11 is 0. The molecule has 3 aromatic rings. The van der Waals surface area contributed by atoms with Crippen LogP contribution in [0.2, 0.25) is 0 Å². The van der Waals surface area contributed by atoms with Gasteiger partial charge in [-0.25, -0.2) is 0 Å². The lowest BCUT2D eigenvalue weighted by Gasteiger charge is -2.28. The van der Waals surface area contributed by atoms with Gasteiger partial charge in [-0.2, -0.15) is 0 Å². The minimum atomic E-state index is -0.925. The molecule has 3 aromatic carbocycles. The van der Waals surface area contributed by atoms with Crippen LogP contribution in [0.4, 0.5) is 5.69 Å². The molecule has 0 bridgehead atoms. The molecule has 5 rings (SSSR count). The number of methoxy groups -OCH3 is 1. The fraction of sp³-hybridized carbons (Fsp3) is 0.269. The Balaban J connectivity index is 1.39. The summed E-state index contributed by atoms with van der Waals surface area (Å²) in [5, 5.41) is 7.55. The zero-order valence-electron chi connectivity index (χ0n) is 18.3. The zero-order valence-corrected chi connectivity index (χ0v) is 18.3. The summed E-state index contributed by atoms with van der Waals surface area (Å²) in [5.41, 5.74) is 1.92. The Morgan fingerprint density at radius 2 is 1.79 bits per heavy atom. The third-order valence-electron chi connectivity index (χ3n) is 6.50. The number of hydrogen-bond acceptors (Lipinski definition) is 4. The van der Waals surface area contributed by atoms with Gasteiger partial charge in [-0.3, -0.25) is 14.4 Å². The van der Waals surface area contributed by atoms with E-state index in [4.69, 9.17) is 4.74 Å². The van der Waals surface area contributed by atoms with E-state index in [-0.39, 0.29) is 30.2 Å². The van der Waals surface area contributed by atoms with E-state index in [1.165, 1.54) is 0 Å². The summed E-state index contributed by atoms with van der Waals surface area (Å²) < 4.78 is 5.52. The Bertz CT molecular complexity index is 1260. The molecule has 2 N–H and O–H groups in total. The summed E-state index contributed by atoms with van der Waals surface area (Å²) in [4.78, 5) is 40.6. The van der Waals surface area contributed by atoms with Gasteiger partial charge in [0.2, 0.25) is 11.8 Å². The molecular weight excluding hydrogens is 418 g/mol. The number of carbonyl (C=O) groups excluding carboxylic acids is 3. The molecule has 0 aliphatic carbocycles. The smallest absolute Gasteiger partial charge is 0.254 e. The first-order valence-corrected chi connectivity index (χ1v) is 11.1. The topological polar surface area (TPSA) is 87.7 Å². The van der Waals surface area contributed by atoms with Crippen LogP contribution in [0.1, 0.15) is 41.2 Å². The fourth-order valence-corrected chi connectivity index (χ4v) is 4.90. The Labute approximate surface area is 191 Å². The maximum atomic E-state index is 13.4. The van der Waals surface area contributed by atoms with Crippen molar-refractivity contribution >= 4 is 34.2 Å². The van der Waals surface area contributed by atoms with Gasteiger partial charge in [0.25, 0.3) is 5.91 Å². The summed E-state index contributed by atoms with van der Waals surface area (Å²) in [6, 6.07) is 17.8. The highest BCUT2D eigenvalue weighted by molar-refractivity contribution is 6.10. The van der Waals surface area contributed by atoms with Crippen LogP contribution in [0.25, 0.3) is 10.8 Å². The number of hydrogen-bond donors (Lipinski definition) is 2. The molecule has 3 amide bonds. The van der Waals surface area contributed by atoms with E-state index in [0.29, 0.717) is 17.8 Å². The second-order valence-electron chi connectivity index (χ2n) is 8.41. The van der Waals surface area contributed by atoms with Crippen LogP contribution in [0.5, 0.6) is 5.75 Å². The lowest BCUT2D eigenvalue weighted by molar-refractivity contribution is -0.134. The molecule has 0 radical (unpaired) electrons. The van der Waals surface area contributed by atoms with Crippen LogP contribution in [0.3, 0.4) is 0 Å². The molecule has 1 saturated heterocycles. The normalized spacial score (nSPS) is 20.1. The van der Waals surface area contributed by atoms with E-state index in [2.05, 4.69) is 10.6 Å². The average molecular weight is 444 g/mol. The Kier molecular flexibility index (Phi) is 5.46. The fourth-order valence-electron chi connectivity index (χ4n) is 4.90. The van der Waals surface area contributed by atoms with Crippen molar-refractivity contribution in [3.05, 3.63) is 71.8 Å². The van der Waals surface area contributed by atoms with Crippen molar-refractivity contribution in [2.75, 3.05) is 19.0 Å². The monoisotopic (exact) mass is 443 g/mol. The third kappa shape index (κ3) is 3.80. The number of nitrogens with zero attached hydrogens (tertiary/aromatic N) is 1. The molecule has 2 atom stereocenters. The molecule has 168 valence electrons. The summed E-state index contributed by atoms with van der Waals surface area (Å²) in [7, 11) is 1.65. The van der Waals surface area contributed by atoms with E-state index in [1.54, 1.807) is 31.4 Å². The quantitative estimate of drug-likeness (QED) is 0.644. The molecule has 1 fully saturated rings. The van der Waals surface area contributed by atoms with Crippen LogP contribution in [0, 0.1) is 0 Å². The highest BCUT2D eigenvalue weighted by Crippen LogP contribution is 2.39. The first-order valence-electron chi connectivity index (χ1n) is 11.1. The lowest BCUT2D eigenvalue weighted by Crippen LogP contribution is -2.45. The van der Waals surface area contributed by atoms with Crippen LogP contribution >= 0.6 is 0 Å². The van der Waals surface area contributed by atoms with Crippen LogP contribution in [-0.2, 0) is 9.59 Å². The van der Waals surface area contributed by atoms with E-state index in [9.17, 15) is 14.4 Å². The number of ether oxygens (including phenoxy) is 1. The predicted octanol–water partition coefficient (Wildman–Crippen LogP) is 3.65. The largest absolute Gasteiger partial charge is 0.496 e. The van der Waals surface area contributed by atoms with Crippen molar-refractivity contribution in [1.82, 2.24) is 10.2 Å². The number of likely N-dealkylation sites (tertiary alicyclic amines) is 1. The molecule has 2 heterocycles. The second-order valence-corrected chi connectivity index (χ2v) is 8.41. The Morgan fingerprint density at radius 1 is 1.03 bits per heavy atom. The van der Waals surface area contributed by atoms with Crippen LogP contribution < -0.4 is 15.4 Å². The van der Waals surface area contributed by atoms with E-state index in [1.807, 2.05) is 41.3 Å². The van der Waals surface area contributed by atoms with Gasteiger partial charge in [-0.15, -0.1) is 0 Å². The van der Waals surface area contributed by atoms with Crippen molar-refractivity contribution in [3.63, 3.8) is 0 Å². The van der Waals surface area contributed by atoms with Gasteiger partial charge in [0, 0.05) is 11.9 Å². The number of anilines is 1. The number of nitrogens with one attached hydrogen (secondary N) is 2. The zero-order chi connectivity index (χ0) is 22.9. The minimum absolute atomic E-state index is 0.0872. The SMILES string of the molecule is COc1ccc(C2CCCN2C(=O)C[C@@H]2NC(=O)c3ccccc3NC2=O)c2ccccc12. The van der Waals surface area contributed by atoms with Crippen LogP contribution in [0.15, 0.2) is 60.7 Å². The number of rotatable bonds is 4. The maximum absolute atomic E-state index is 13.4. The number of carbonyl (C=O) groups is 3. The molecule has 7 nitrogen and oxygen atoms in total. The number of benzene rings is 3. The van der Waals surface area contributed by atoms with Gasteiger partial charge in [0.1, 0.15) is 11.8 Å². The summed E-state index contributed by atoms with van der Waals surface area (Å²) in [5.74, 6) is -0.0976. The van der Waals surface area contributed by atoms with Gasteiger partial charge < -0.3 is 20.3 Å². The molecule has 2 aliphatic heterocycles. The molecular formula is C26H25N3O4. The number of para-hydroxylation sites is 1. The van der Waals surface area contributed by atoms with Gasteiger partial charge in [-0.05, 0) is 42.0 Å². The van der Waals surface area contributed by atoms with Gasteiger partial charge >= 0.3 is 0 Å². The van der Waals surface area contributed by atoms with Gasteiger partial charge in [-0.1, -0.05) is 42.5 Å². The van der Waals surface area contributed by atoms with Gasteiger partial charge in [0.05, 0.1) is 30.8 Å². The highest BCUT2D eigenvalue weighted by atomic mass is 16.5. The molecule has 0 saturated carbocycles. The molecule has 7 heteroatoms. The Morgan fingerprint density at radius 3 is 2.61 bits per heavy atom. The Hall–Kier alpha value is -3.87. The van der Waals surface area contributed by atoms with E-state index < -0.39 is 6.04 Å². The van der Waals surface area contributed by atoms with E-state index in [0.717, 1.165) is 34.9 Å². The third-order valence-corrected chi connectivity index (χ3v) is 6.50. The van der Waals surface area contributed by atoms with Crippen LogP contribution in [-0.4, -0.2) is 42.3 Å². The number of amides is 3. The summed E-state index contributed by atoms with van der Waals surface area (Å²) in [6.45, 7) is 0.617. The summed E-state index contributed by atoms with van der Waals surface area (Å²) in [6.07, 6.45) is 1.64. The molecule has 33 heavy (non-hydrogen) atoms. The first kappa shape index (κ1) is 21.0. The molecule has 2 aliphatic rings. The minimum Gasteiger partial charge on any atom is -0.496 e. The molecule has 0 aromatic heterocycles. The average Bonchev–Trinajstić information content (AvgIpc) is 3.28. The highest BCUT2D eigenvalue weighted by Gasteiger charge is 2.35. The van der Waals surface area contributed by atoms with Crippen molar-refractivity contribution < 1.29 is 19.1 Å². The van der Waals surface area contributed by atoms with Crippen molar-refractivity contribution in [3.8, 4) is 5.75 Å². The number of fused-ring (bicyclic) bond motifs is 2. The van der Waals surface area contributed by atoms with Crippen molar-refractivity contribution in [2.24, 2.45) is 0 Å². The second kappa shape index (κ2) is 8.58. The molecule has 1 unspecified atom stereocenters. The lowest BCUT2D eigenvalue weighted by atomic mass is 9.96. The predicted molar refractivity (Wildman–Crippen MR) is 125 cm³/mol. The van der Waals surface area contributed by atoms with E-state index >= 15 is 0 Å².